The number of cyclic esters (lactones) is 1. The highest BCUT2D eigenvalue weighted by atomic mass is 16.7. The third-order valence-electron chi connectivity index (χ3n) is 9.18. The Morgan fingerprint density at radius 3 is 2.17 bits per heavy atom. The lowest BCUT2D eigenvalue weighted by atomic mass is 9.79. The molecule has 2 aliphatic heterocycles. The van der Waals surface area contributed by atoms with E-state index in [1.165, 1.54) is 27.9 Å². The standard InChI is InChI=1S/C30H54N2O10/c1-12-21-30(8,38)24(35)19(6)26(36)31-15(2)14-29(7,39-11)25(17(4)22(33)18(5)27(37)41-21)42-28-23(34)20(32(9)10)13-16(3)40-28/h15-21,23-25,28,34-35,38H,12-14H2,1-11H3,(H,31,36)/t15-,16-,17+,18-,19-,20+,21-,23-,24-,25-,28+,29-,30-/m1/s1. The number of carbonyl (C=O) groups is 3. The van der Waals surface area contributed by atoms with Gasteiger partial charge in [-0.25, -0.2) is 0 Å². The number of hydrogen-bond donors (Lipinski definition) is 4. The predicted molar refractivity (Wildman–Crippen MR) is 154 cm³/mol. The number of nitrogens with zero attached hydrogens (tertiary/aromatic N) is 1. The highest BCUT2D eigenvalue weighted by molar-refractivity contribution is 6.00. The third kappa shape index (κ3) is 7.88. The van der Waals surface area contributed by atoms with E-state index in [1.807, 2.05) is 25.9 Å². The van der Waals surface area contributed by atoms with Crippen molar-refractivity contribution in [1.29, 1.82) is 0 Å². The van der Waals surface area contributed by atoms with Crippen molar-refractivity contribution in [3.05, 3.63) is 0 Å². The fourth-order valence-electron chi connectivity index (χ4n) is 6.30. The second-order valence-electron chi connectivity index (χ2n) is 13.0. The van der Waals surface area contributed by atoms with Gasteiger partial charge in [-0.1, -0.05) is 20.8 Å². The number of rotatable bonds is 5. The van der Waals surface area contributed by atoms with Gasteiger partial charge in [-0.05, 0) is 68.0 Å². The van der Waals surface area contributed by atoms with E-state index in [4.69, 9.17) is 18.9 Å². The van der Waals surface area contributed by atoms with Gasteiger partial charge in [0, 0.05) is 25.1 Å². The number of nitrogens with one attached hydrogen (secondary N) is 1. The van der Waals surface area contributed by atoms with Crippen LogP contribution < -0.4 is 5.32 Å². The van der Waals surface area contributed by atoms with Crippen LogP contribution in [0.5, 0.6) is 0 Å². The number of carbonyl (C=O) groups excluding carboxylic acids is 3. The van der Waals surface area contributed by atoms with Gasteiger partial charge < -0.3 is 44.5 Å². The van der Waals surface area contributed by atoms with Crippen LogP contribution in [0.25, 0.3) is 0 Å². The Hall–Kier alpha value is -1.67. The van der Waals surface area contributed by atoms with E-state index in [1.54, 1.807) is 27.7 Å². The van der Waals surface area contributed by atoms with Gasteiger partial charge in [0.15, 0.2) is 12.1 Å². The summed E-state index contributed by atoms with van der Waals surface area (Å²) in [5.41, 5.74) is -3.18. The highest BCUT2D eigenvalue weighted by Gasteiger charge is 2.50. The molecule has 2 aliphatic rings. The van der Waals surface area contributed by atoms with Crippen LogP contribution >= 0.6 is 0 Å². The Morgan fingerprint density at radius 2 is 1.64 bits per heavy atom. The van der Waals surface area contributed by atoms with E-state index in [9.17, 15) is 29.7 Å². The summed E-state index contributed by atoms with van der Waals surface area (Å²) < 4.78 is 24.0. The molecule has 0 aromatic carbocycles. The van der Waals surface area contributed by atoms with Crippen molar-refractivity contribution in [3.8, 4) is 0 Å². The zero-order valence-corrected chi connectivity index (χ0v) is 27.1. The van der Waals surface area contributed by atoms with Gasteiger partial charge >= 0.3 is 5.97 Å². The molecule has 2 heterocycles. The fourth-order valence-corrected chi connectivity index (χ4v) is 6.30. The molecule has 2 fully saturated rings. The summed E-state index contributed by atoms with van der Waals surface area (Å²) >= 11 is 0. The Balaban J connectivity index is 2.59. The minimum atomic E-state index is -1.97. The molecule has 0 aromatic heterocycles. The average molecular weight is 603 g/mol. The predicted octanol–water partition coefficient (Wildman–Crippen LogP) is 1.02. The number of hydrogen-bond acceptors (Lipinski definition) is 11. The molecule has 0 saturated carbocycles. The van der Waals surface area contributed by atoms with E-state index in [2.05, 4.69) is 5.32 Å². The van der Waals surface area contributed by atoms with Crippen LogP contribution in [0, 0.1) is 17.8 Å². The molecule has 0 unspecified atom stereocenters. The molecule has 0 bridgehead atoms. The summed E-state index contributed by atoms with van der Waals surface area (Å²) in [6.07, 6.45) is -5.27. The van der Waals surface area contributed by atoms with Crippen LogP contribution in [-0.4, -0.2) is 119 Å². The molecule has 1 amide bonds. The van der Waals surface area contributed by atoms with Gasteiger partial charge in [-0.2, -0.15) is 0 Å². The van der Waals surface area contributed by atoms with Gasteiger partial charge in [0.05, 0.1) is 29.8 Å². The van der Waals surface area contributed by atoms with E-state index in [-0.39, 0.29) is 25.0 Å². The smallest absolute Gasteiger partial charge is 0.316 e. The van der Waals surface area contributed by atoms with Gasteiger partial charge in [-0.3, -0.25) is 14.4 Å². The topological polar surface area (TPSA) is 164 Å². The van der Waals surface area contributed by atoms with Crippen molar-refractivity contribution in [2.75, 3.05) is 21.2 Å². The molecular weight excluding hydrogens is 548 g/mol. The van der Waals surface area contributed by atoms with Crippen molar-refractivity contribution in [1.82, 2.24) is 10.2 Å². The maximum atomic E-state index is 13.8. The molecule has 12 nitrogen and oxygen atoms in total. The van der Waals surface area contributed by atoms with E-state index in [0.29, 0.717) is 6.42 Å². The number of esters is 1. The summed E-state index contributed by atoms with van der Waals surface area (Å²) in [4.78, 5) is 42.2. The zero-order chi connectivity index (χ0) is 32.3. The first kappa shape index (κ1) is 36.5. The van der Waals surface area contributed by atoms with Crippen LogP contribution in [0.15, 0.2) is 0 Å². The van der Waals surface area contributed by atoms with Crippen LogP contribution in [0.3, 0.4) is 0 Å². The lowest BCUT2D eigenvalue weighted by molar-refractivity contribution is -0.295. The Bertz CT molecular complexity index is 945. The monoisotopic (exact) mass is 602 g/mol. The Labute approximate surface area is 250 Å². The van der Waals surface area contributed by atoms with Crippen LogP contribution in [0.2, 0.25) is 0 Å². The van der Waals surface area contributed by atoms with Crippen molar-refractivity contribution in [2.45, 2.75) is 135 Å². The lowest BCUT2D eigenvalue weighted by Gasteiger charge is -2.46. The lowest BCUT2D eigenvalue weighted by Crippen LogP contribution is -2.59. The van der Waals surface area contributed by atoms with Crippen molar-refractivity contribution < 1.29 is 48.7 Å². The maximum Gasteiger partial charge on any atom is 0.316 e. The third-order valence-corrected chi connectivity index (χ3v) is 9.18. The number of ketones is 1. The molecule has 2 saturated heterocycles. The first-order valence-electron chi connectivity index (χ1n) is 15.0. The number of aliphatic hydroxyl groups excluding tert-OH is 2. The molecule has 0 spiro atoms. The SMILES string of the molecule is CC[C@H]1OC(=O)[C@H](C)C(=O)[C@H](C)[C@@H](O[C@@H]2O[C@H](C)C[C@H](N(C)C)[C@H]2O)[C@](C)(OC)C[C@@H](C)NC(=O)[C@H](C)[C@@H](O)[C@]1(C)O. The molecule has 0 aromatic rings. The van der Waals surface area contributed by atoms with Gasteiger partial charge in [-0.15, -0.1) is 0 Å². The minimum Gasteiger partial charge on any atom is -0.459 e. The minimum absolute atomic E-state index is 0.132. The van der Waals surface area contributed by atoms with E-state index in [0.717, 1.165) is 0 Å². The molecule has 2 rings (SSSR count). The van der Waals surface area contributed by atoms with Crippen LogP contribution in [-0.2, 0) is 33.3 Å². The second-order valence-corrected chi connectivity index (χ2v) is 13.0. The Kier molecular flexibility index (Phi) is 12.5. The van der Waals surface area contributed by atoms with Crippen LogP contribution in [0.1, 0.15) is 74.7 Å². The highest BCUT2D eigenvalue weighted by Crippen LogP contribution is 2.36. The largest absolute Gasteiger partial charge is 0.459 e. The van der Waals surface area contributed by atoms with Crippen molar-refractivity contribution in [3.63, 3.8) is 0 Å². The Morgan fingerprint density at radius 1 is 1.05 bits per heavy atom. The summed E-state index contributed by atoms with van der Waals surface area (Å²) in [6.45, 7) is 12.9. The maximum absolute atomic E-state index is 13.8. The average Bonchev–Trinajstić information content (AvgIpc) is 2.92. The molecule has 42 heavy (non-hydrogen) atoms. The quantitative estimate of drug-likeness (QED) is 0.262. The second kappa shape index (κ2) is 14.4. The molecule has 12 heteroatoms. The van der Waals surface area contributed by atoms with Crippen molar-refractivity contribution in [2.24, 2.45) is 17.8 Å². The molecule has 4 N–H and O–H groups in total. The first-order chi connectivity index (χ1) is 19.3. The molecule has 0 radical (unpaired) electrons. The number of likely N-dealkylation sites (N-methyl/N-ethyl adjacent to an activating group) is 1. The number of methoxy groups -OCH3 is 1. The number of aliphatic hydroxyl groups is 3. The summed E-state index contributed by atoms with van der Waals surface area (Å²) in [5, 5.41) is 36.3. The summed E-state index contributed by atoms with van der Waals surface area (Å²) in [7, 11) is 5.18. The zero-order valence-electron chi connectivity index (χ0n) is 27.1. The van der Waals surface area contributed by atoms with Gasteiger partial charge in [0.1, 0.15) is 23.7 Å². The molecule has 244 valence electrons. The number of ether oxygens (including phenoxy) is 4. The molecular formula is C30H54N2O10. The first-order valence-corrected chi connectivity index (χ1v) is 15.0. The molecule has 0 aliphatic carbocycles. The summed E-state index contributed by atoms with van der Waals surface area (Å²) in [6, 6.07) is -0.789. The number of Topliss-reactive ketones (excluding diaryl/α,β-unsaturated/α-hetero) is 1. The van der Waals surface area contributed by atoms with Gasteiger partial charge in [0.2, 0.25) is 5.91 Å². The van der Waals surface area contributed by atoms with E-state index >= 15 is 0 Å². The normalized spacial score (nSPS) is 45.1. The molecule has 13 atom stereocenters. The van der Waals surface area contributed by atoms with E-state index < -0.39 is 83.4 Å². The fraction of sp³-hybridized carbons (Fsp3) is 0.900. The van der Waals surface area contributed by atoms with Gasteiger partial charge in [0.25, 0.3) is 0 Å². The number of amides is 1. The summed E-state index contributed by atoms with van der Waals surface area (Å²) in [5.74, 6) is -5.14. The van der Waals surface area contributed by atoms with Crippen LogP contribution in [0.4, 0.5) is 0 Å². The van der Waals surface area contributed by atoms with Crippen molar-refractivity contribution >= 4 is 17.7 Å².